The Kier molecular flexibility index (Phi) is 6.18. The molecule has 2 aromatic carbocycles. The largest absolute Gasteiger partial charge is 0.368 e. The lowest BCUT2D eigenvalue weighted by Gasteiger charge is -2.37. The molecule has 3 N–H and O–H groups in total. The van der Waals surface area contributed by atoms with Crippen LogP contribution in [0.5, 0.6) is 0 Å². The van der Waals surface area contributed by atoms with Gasteiger partial charge in [-0.2, -0.15) is 0 Å². The van der Waals surface area contributed by atoms with E-state index in [0.29, 0.717) is 13.1 Å². The first-order chi connectivity index (χ1) is 14.9. The maximum Gasteiger partial charge on any atom is 0.248 e. The molecular weight excluding hydrogens is 416 g/mol. The number of nitrogens with one attached hydrogen (secondary N) is 2. The highest BCUT2D eigenvalue weighted by Gasteiger charge is 2.47. The lowest BCUT2D eigenvalue weighted by Crippen LogP contribution is -2.50. The molecule has 2 fully saturated rings. The molecule has 2 aliphatic heterocycles. The molecule has 2 aromatic rings. The summed E-state index contributed by atoms with van der Waals surface area (Å²) in [6.07, 6.45) is -0.647. The number of anilines is 1. The summed E-state index contributed by atoms with van der Waals surface area (Å²) in [6.45, 7) is 4.78. The first kappa shape index (κ1) is 21.6. The van der Waals surface area contributed by atoms with Crippen molar-refractivity contribution in [3.8, 4) is 0 Å². The summed E-state index contributed by atoms with van der Waals surface area (Å²) in [5, 5.41) is 16.1. The normalized spacial score (nSPS) is 23.7. The lowest BCUT2D eigenvalue weighted by atomic mass is 9.85. The van der Waals surface area contributed by atoms with Crippen LogP contribution in [0.3, 0.4) is 0 Å². The minimum Gasteiger partial charge on any atom is -0.368 e. The van der Waals surface area contributed by atoms with E-state index in [1.165, 1.54) is 0 Å². The predicted molar refractivity (Wildman–Crippen MR) is 120 cm³/mol. The van der Waals surface area contributed by atoms with Crippen molar-refractivity contribution in [1.29, 1.82) is 0 Å². The Bertz CT molecular complexity index is 963. The molecule has 2 unspecified atom stereocenters. The van der Waals surface area contributed by atoms with Crippen molar-refractivity contribution < 1.29 is 14.7 Å². The SMILES string of the molecule is Cc1cc(Cl)ccc1N1CCN(C(=O)CCC2(c3ccccc3)NC(O)NC2=O)CC1. The molecule has 2 atom stereocenters. The summed E-state index contributed by atoms with van der Waals surface area (Å²) in [4.78, 5) is 29.7. The number of amides is 2. The third kappa shape index (κ3) is 4.39. The summed E-state index contributed by atoms with van der Waals surface area (Å²) in [5.41, 5.74) is 1.88. The zero-order valence-corrected chi connectivity index (χ0v) is 18.2. The minimum atomic E-state index is -1.13. The van der Waals surface area contributed by atoms with Gasteiger partial charge in [0.1, 0.15) is 5.54 Å². The van der Waals surface area contributed by atoms with Crippen molar-refractivity contribution in [3.05, 3.63) is 64.7 Å². The highest BCUT2D eigenvalue weighted by molar-refractivity contribution is 6.30. The van der Waals surface area contributed by atoms with Gasteiger partial charge in [0.25, 0.3) is 0 Å². The molecule has 4 rings (SSSR count). The number of nitrogens with zero attached hydrogens (tertiary/aromatic N) is 2. The molecule has 2 amide bonds. The molecule has 8 heteroatoms. The van der Waals surface area contributed by atoms with Gasteiger partial charge in [0.2, 0.25) is 11.8 Å². The Morgan fingerprint density at radius 3 is 2.48 bits per heavy atom. The Labute approximate surface area is 187 Å². The summed E-state index contributed by atoms with van der Waals surface area (Å²) < 4.78 is 0. The number of piperazine rings is 1. The zero-order valence-electron chi connectivity index (χ0n) is 17.5. The summed E-state index contributed by atoms with van der Waals surface area (Å²) >= 11 is 6.06. The van der Waals surface area contributed by atoms with Crippen LogP contribution in [0.1, 0.15) is 24.0 Å². The number of halogens is 1. The van der Waals surface area contributed by atoms with E-state index >= 15 is 0 Å². The fourth-order valence-electron chi connectivity index (χ4n) is 4.47. The molecule has 2 aliphatic rings. The summed E-state index contributed by atoms with van der Waals surface area (Å²) in [7, 11) is 0. The van der Waals surface area contributed by atoms with E-state index in [9.17, 15) is 14.7 Å². The van der Waals surface area contributed by atoms with Gasteiger partial charge in [-0.3, -0.25) is 14.9 Å². The van der Waals surface area contributed by atoms with Gasteiger partial charge in [-0.05, 0) is 42.7 Å². The Morgan fingerprint density at radius 1 is 1.16 bits per heavy atom. The second-order valence-corrected chi connectivity index (χ2v) is 8.53. The fourth-order valence-corrected chi connectivity index (χ4v) is 4.70. The van der Waals surface area contributed by atoms with Crippen molar-refractivity contribution in [2.45, 2.75) is 31.7 Å². The minimum absolute atomic E-state index is 0.0128. The van der Waals surface area contributed by atoms with Gasteiger partial charge >= 0.3 is 0 Å². The molecule has 0 spiro atoms. The van der Waals surface area contributed by atoms with E-state index in [4.69, 9.17) is 11.6 Å². The van der Waals surface area contributed by atoms with Crippen molar-refractivity contribution >= 4 is 29.1 Å². The second kappa shape index (κ2) is 8.86. The number of rotatable bonds is 5. The topological polar surface area (TPSA) is 84.9 Å². The number of aliphatic hydroxyl groups is 1. The van der Waals surface area contributed by atoms with Crippen molar-refractivity contribution in [2.24, 2.45) is 0 Å². The van der Waals surface area contributed by atoms with Crippen LogP contribution in [0.2, 0.25) is 5.02 Å². The standard InChI is InChI=1S/C23H27ClN4O3/c1-16-15-18(24)7-8-19(16)27-11-13-28(14-12-27)20(29)9-10-23(17-5-3-2-4-6-17)21(30)25-22(31)26-23/h2-8,15,22,26,31H,9-14H2,1H3,(H,25,30). The van der Waals surface area contributed by atoms with Crippen molar-refractivity contribution in [2.75, 3.05) is 31.1 Å². The molecule has 2 heterocycles. The van der Waals surface area contributed by atoms with Gasteiger partial charge in [-0.1, -0.05) is 41.9 Å². The molecule has 0 radical (unpaired) electrons. The Balaban J connectivity index is 1.39. The first-order valence-electron chi connectivity index (χ1n) is 10.5. The monoisotopic (exact) mass is 442 g/mol. The van der Waals surface area contributed by atoms with Gasteiger partial charge < -0.3 is 20.2 Å². The fraction of sp³-hybridized carbons (Fsp3) is 0.391. The number of benzene rings is 2. The number of hydrogen-bond donors (Lipinski definition) is 3. The quantitative estimate of drug-likeness (QED) is 0.659. The van der Waals surface area contributed by atoms with E-state index in [0.717, 1.165) is 34.9 Å². The molecular formula is C23H27ClN4O3. The first-order valence-corrected chi connectivity index (χ1v) is 10.9. The second-order valence-electron chi connectivity index (χ2n) is 8.09. The van der Waals surface area contributed by atoms with Crippen LogP contribution in [0.4, 0.5) is 5.69 Å². The third-order valence-electron chi connectivity index (χ3n) is 6.15. The number of aliphatic hydroxyl groups excluding tert-OH is 1. The van der Waals surface area contributed by atoms with E-state index < -0.39 is 11.9 Å². The molecule has 0 bridgehead atoms. The molecule has 2 saturated heterocycles. The van der Waals surface area contributed by atoms with Gasteiger partial charge in [0, 0.05) is 43.3 Å². The van der Waals surface area contributed by atoms with Crippen molar-refractivity contribution in [3.63, 3.8) is 0 Å². The number of hydrogen-bond acceptors (Lipinski definition) is 5. The van der Waals surface area contributed by atoms with E-state index in [2.05, 4.69) is 15.5 Å². The highest BCUT2D eigenvalue weighted by atomic mass is 35.5. The molecule has 0 aromatic heterocycles. The highest BCUT2D eigenvalue weighted by Crippen LogP contribution is 2.31. The molecule has 7 nitrogen and oxygen atoms in total. The number of carbonyl (C=O) groups is 2. The average molecular weight is 443 g/mol. The van der Waals surface area contributed by atoms with Crippen LogP contribution in [-0.4, -0.2) is 54.4 Å². The van der Waals surface area contributed by atoms with Crippen LogP contribution in [0.15, 0.2) is 48.5 Å². The average Bonchev–Trinajstić information content (AvgIpc) is 3.07. The van der Waals surface area contributed by atoms with Crippen LogP contribution in [0, 0.1) is 6.92 Å². The van der Waals surface area contributed by atoms with Crippen LogP contribution >= 0.6 is 11.6 Å². The maximum atomic E-state index is 12.9. The molecule has 0 saturated carbocycles. The van der Waals surface area contributed by atoms with Gasteiger partial charge in [0.15, 0.2) is 6.35 Å². The van der Waals surface area contributed by atoms with Crippen LogP contribution in [0.25, 0.3) is 0 Å². The van der Waals surface area contributed by atoms with E-state index in [1.807, 2.05) is 60.4 Å². The number of aryl methyl sites for hydroxylation is 1. The smallest absolute Gasteiger partial charge is 0.248 e. The van der Waals surface area contributed by atoms with Crippen LogP contribution < -0.4 is 15.5 Å². The van der Waals surface area contributed by atoms with E-state index in [1.54, 1.807) is 0 Å². The number of carbonyl (C=O) groups excluding carboxylic acids is 2. The Hall–Kier alpha value is -2.61. The maximum absolute atomic E-state index is 12.9. The molecule has 31 heavy (non-hydrogen) atoms. The van der Waals surface area contributed by atoms with Gasteiger partial charge in [-0.25, -0.2) is 0 Å². The summed E-state index contributed by atoms with van der Waals surface area (Å²) in [6, 6.07) is 15.1. The van der Waals surface area contributed by atoms with Crippen LogP contribution in [-0.2, 0) is 15.1 Å². The molecule has 0 aliphatic carbocycles. The van der Waals surface area contributed by atoms with Gasteiger partial charge in [-0.15, -0.1) is 0 Å². The Morgan fingerprint density at radius 2 is 1.87 bits per heavy atom. The molecule has 164 valence electrons. The summed E-state index contributed by atoms with van der Waals surface area (Å²) in [5.74, 6) is -0.305. The van der Waals surface area contributed by atoms with E-state index in [-0.39, 0.29) is 24.7 Å². The zero-order chi connectivity index (χ0) is 22.0. The third-order valence-corrected chi connectivity index (χ3v) is 6.39. The lowest BCUT2D eigenvalue weighted by molar-refractivity contribution is -0.132. The predicted octanol–water partition coefficient (Wildman–Crippen LogP) is 1.97. The van der Waals surface area contributed by atoms with Crippen molar-refractivity contribution in [1.82, 2.24) is 15.5 Å². The van der Waals surface area contributed by atoms with Gasteiger partial charge in [0.05, 0.1) is 0 Å².